The number of hydrogen-bond donors (Lipinski definition) is 0. The zero-order chi connectivity index (χ0) is 19.7. The largest absolute Gasteiger partial charge is 0.374 e. The maximum atomic E-state index is 7.25. The predicted octanol–water partition coefficient (Wildman–Crippen LogP) is 6.76. The first kappa shape index (κ1) is 19.4. The third-order valence-corrected chi connectivity index (χ3v) is 11.4. The van der Waals surface area contributed by atoms with Crippen molar-refractivity contribution in [1.29, 1.82) is 0 Å². The van der Waals surface area contributed by atoms with Gasteiger partial charge in [0, 0.05) is 0 Å². The van der Waals surface area contributed by atoms with Gasteiger partial charge in [0.1, 0.15) is 0 Å². The lowest BCUT2D eigenvalue weighted by atomic mass is 9.60. The summed E-state index contributed by atoms with van der Waals surface area (Å²) in [5, 5.41) is 0. The van der Waals surface area contributed by atoms with Crippen LogP contribution in [0.25, 0.3) is 0 Å². The Labute approximate surface area is 184 Å². The lowest BCUT2D eigenvalue weighted by Gasteiger charge is -2.56. The topological polar surface area (TPSA) is 18.5 Å². The van der Waals surface area contributed by atoms with Gasteiger partial charge in [-0.25, -0.2) is 0 Å². The van der Waals surface area contributed by atoms with Gasteiger partial charge in [0.15, 0.2) is 0 Å². The summed E-state index contributed by atoms with van der Waals surface area (Å²) in [7, 11) is 0. The van der Waals surface area contributed by atoms with Crippen molar-refractivity contribution in [3.05, 3.63) is 0 Å². The summed E-state index contributed by atoms with van der Waals surface area (Å²) in [4.78, 5) is 0. The highest BCUT2D eigenvalue weighted by Gasteiger charge is 2.52. The first-order chi connectivity index (χ1) is 14.8. The molecular formula is C28H44O2. The van der Waals surface area contributed by atoms with E-state index in [0.29, 0.717) is 24.4 Å². The Balaban J connectivity index is 1.25. The van der Waals surface area contributed by atoms with Gasteiger partial charge in [-0.15, -0.1) is 0 Å². The molecule has 4 bridgehead atoms. The molecule has 7 aliphatic rings. The normalized spacial score (nSPS) is 57.6. The smallest absolute Gasteiger partial charge is 0.0635 e. The van der Waals surface area contributed by atoms with E-state index in [1.165, 1.54) is 103 Å². The van der Waals surface area contributed by atoms with E-state index in [0.717, 1.165) is 47.3 Å². The molecule has 0 aromatic heterocycles. The Morgan fingerprint density at radius 1 is 0.300 bits per heavy atom. The molecule has 168 valence electrons. The quantitative estimate of drug-likeness (QED) is 0.437. The van der Waals surface area contributed by atoms with E-state index in [4.69, 9.17) is 9.47 Å². The van der Waals surface area contributed by atoms with Crippen LogP contribution in [0.2, 0.25) is 0 Å². The highest BCUT2D eigenvalue weighted by molar-refractivity contribution is 5.01. The first-order valence-corrected chi connectivity index (χ1v) is 14.1. The monoisotopic (exact) mass is 412 g/mol. The van der Waals surface area contributed by atoms with Gasteiger partial charge in [0.05, 0.1) is 24.4 Å². The van der Waals surface area contributed by atoms with Gasteiger partial charge in [-0.2, -0.15) is 0 Å². The molecule has 6 unspecified atom stereocenters. The molecule has 7 rings (SSSR count). The van der Waals surface area contributed by atoms with Gasteiger partial charge in [-0.05, 0) is 124 Å². The van der Waals surface area contributed by atoms with Crippen LogP contribution in [-0.4, -0.2) is 24.4 Å². The average molecular weight is 413 g/mol. The minimum absolute atomic E-state index is 0.596. The van der Waals surface area contributed by atoms with Crippen LogP contribution in [-0.2, 0) is 9.47 Å². The molecule has 0 aromatic rings. The Kier molecular flexibility index (Phi) is 5.01. The van der Waals surface area contributed by atoms with Crippen molar-refractivity contribution in [1.82, 2.24) is 0 Å². The Bertz CT molecular complexity index is 530. The molecule has 0 amide bonds. The van der Waals surface area contributed by atoms with Gasteiger partial charge in [0.25, 0.3) is 0 Å². The van der Waals surface area contributed by atoms with Crippen LogP contribution >= 0.6 is 0 Å². The van der Waals surface area contributed by atoms with Crippen molar-refractivity contribution in [3.8, 4) is 0 Å². The molecule has 0 spiro atoms. The highest BCUT2D eigenvalue weighted by Crippen LogP contribution is 2.54. The molecule has 12 atom stereocenters. The second-order valence-electron chi connectivity index (χ2n) is 12.9. The highest BCUT2D eigenvalue weighted by atomic mass is 16.5. The maximum absolute atomic E-state index is 7.25. The molecule has 2 heteroatoms. The molecule has 3 heterocycles. The van der Waals surface area contributed by atoms with E-state index in [9.17, 15) is 0 Å². The molecule has 4 aliphatic carbocycles. The van der Waals surface area contributed by atoms with Crippen molar-refractivity contribution in [3.63, 3.8) is 0 Å². The van der Waals surface area contributed by atoms with Gasteiger partial charge < -0.3 is 9.47 Å². The second-order valence-corrected chi connectivity index (χ2v) is 12.9. The number of hydrogen-bond acceptors (Lipinski definition) is 2. The fourth-order valence-corrected chi connectivity index (χ4v) is 10.2. The number of ether oxygens (including phenoxy) is 2. The zero-order valence-corrected chi connectivity index (χ0v) is 19.1. The Hall–Kier alpha value is -0.0800. The van der Waals surface area contributed by atoms with E-state index in [1.54, 1.807) is 0 Å². The predicted molar refractivity (Wildman–Crippen MR) is 119 cm³/mol. The molecule has 4 saturated carbocycles. The summed E-state index contributed by atoms with van der Waals surface area (Å²) in [6, 6.07) is 0. The van der Waals surface area contributed by atoms with Crippen LogP contribution in [0.1, 0.15) is 103 Å². The summed E-state index contributed by atoms with van der Waals surface area (Å²) in [6.07, 6.45) is 25.7. The molecule has 0 N–H and O–H groups in total. The third-order valence-electron chi connectivity index (χ3n) is 11.4. The second kappa shape index (κ2) is 7.75. The van der Waals surface area contributed by atoms with Crippen molar-refractivity contribution in [2.24, 2.45) is 47.3 Å². The van der Waals surface area contributed by atoms with Crippen LogP contribution in [0.15, 0.2) is 0 Å². The molecule has 30 heavy (non-hydrogen) atoms. The van der Waals surface area contributed by atoms with Crippen molar-refractivity contribution < 1.29 is 9.47 Å². The molecular weight excluding hydrogens is 368 g/mol. The third kappa shape index (κ3) is 3.17. The molecule has 3 saturated heterocycles. The summed E-state index contributed by atoms with van der Waals surface area (Å²) in [5.41, 5.74) is 0. The molecule has 3 aliphatic heterocycles. The SMILES string of the molecule is C1CC2CC3CCCC4C[C@@H]5CCC[C@@H]6C[C@@H]7CCC[C@H](CC(C1)[C@H]2O[C@H]34)C7OC65. The first-order valence-electron chi connectivity index (χ1n) is 14.1. The van der Waals surface area contributed by atoms with Crippen molar-refractivity contribution in [2.75, 3.05) is 0 Å². The van der Waals surface area contributed by atoms with E-state index in [2.05, 4.69) is 0 Å². The van der Waals surface area contributed by atoms with Gasteiger partial charge in [-0.1, -0.05) is 25.7 Å². The standard InChI is InChI=1S/C28H44O2/c1-5-17-13-18-6-2-11-23-16-24-12-4-8-20-14-19-7-3-10-22(27(19)30-28(20)24)15-21(9-1)25(17)29-26(18)23/h17-28H,1-16H2/t17-,18+,19?,20?,21+,22?,23-,24?,25?,26?,27-,28+. The van der Waals surface area contributed by atoms with Crippen LogP contribution in [0, 0.1) is 47.3 Å². The van der Waals surface area contributed by atoms with Gasteiger partial charge in [-0.3, -0.25) is 0 Å². The van der Waals surface area contributed by atoms with E-state index >= 15 is 0 Å². The van der Waals surface area contributed by atoms with E-state index in [-0.39, 0.29) is 0 Å². The lowest BCUT2D eigenvalue weighted by molar-refractivity contribution is -0.217. The van der Waals surface area contributed by atoms with E-state index < -0.39 is 0 Å². The summed E-state index contributed by atoms with van der Waals surface area (Å²) in [6.45, 7) is 0. The minimum Gasteiger partial charge on any atom is -0.374 e. The summed E-state index contributed by atoms with van der Waals surface area (Å²) < 4.78 is 14.5. The van der Waals surface area contributed by atoms with Gasteiger partial charge >= 0.3 is 0 Å². The van der Waals surface area contributed by atoms with Crippen LogP contribution in [0.4, 0.5) is 0 Å². The molecule has 0 aromatic carbocycles. The molecule has 0 radical (unpaired) electrons. The average Bonchev–Trinajstić information content (AvgIpc) is 2.77. The lowest BCUT2D eigenvalue weighted by Crippen LogP contribution is -2.55. The van der Waals surface area contributed by atoms with E-state index in [1.807, 2.05) is 0 Å². The zero-order valence-electron chi connectivity index (χ0n) is 19.1. The molecule has 2 nitrogen and oxygen atoms in total. The Morgan fingerprint density at radius 3 is 0.700 bits per heavy atom. The minimum atomic E-state index is 0.596. The molecule has 7 fully saturated rings. The Morgan fingerprint density at radius 2 is 0.500 bits per heavy atom. The fourth-order valence-electron chi connectivity index (χ4n) is 10.2. The number of rotatable bonds is 0. The maximum Gasteiger partial charge on any atom is 0.0635 e. The summed E-state index contributed by atoms with van der Waals surface area (Å²) >= 11 is 0. The van der Waals surface area contributed by atoms with Crippen LogP contribution in [0.5, 0.6) is 0 Å². The van der Waals surface area contributed by atoms with Crippen LogP contribution in [0.3, 0.4) is 0 Å². The summed E-state index contributed by atoms with van der Waals surface area (Å²) in [5.74, 6) is 6.85. The fraction of sp³-hybridized carbons (Fsp3) is 1.00. The van der Waals surface area contributed by atoms with Crippen LogP contribution < -0.4 is 0 Å². The van der Waals surface area contributed by atoms with Gasteiger partial charge in [0.2, 0.25) is 0 Å². The van der Waals surface area contributed by atoms with Crippen molar-refractivity contribution >= 4 is 0 Å². The van der Waals surface area contributed by atoms with Crippen molar-refractivity contribution in [2.45, 2.75) is 127 Å².